The predicted molar refractivity (Wildman–Crippen MR) is 162 cm³/mol. The van der Waals surface area contributed by atoms with Crippen LogP contribution in [0.25, 0.3) is 10.9 Å². The van der Waals surface area contributed by atoms with E-state index in [1.54, 1.807) is 24.3 Å². The number of H-pyrrole nitrogens is 1. The largest absolute Gasteiger partial charge is 0.496 e. The van der Waals surface area contributed by atoms with Gasteiger partial charge in [0.25, 0.3) is 0 Å². The quantitative estimate of drug-likeness (QED) is 0.0686. The fourth-order valence-electron chi connectivity index (χ4n) is 5.88. The summed E-state index contributed by atoms with van der Waals surface area (Å²) in [6.07, 6.45) is 1.80. The maximum absolute atomic E-state index is 14.1. The minimum absolute atomic E-state index is 0.0623. The van der Waals surface area contributed by atoms with Crippen LogP contribution < -0.4 is 10.1 Å². The molecule has 0 unspecified atom stereocenters. The van der Waals surface area contributed by atoms with E-state index in [9.17, 15) is 45.9 Å². The number of amides is 1. The monoisotopic (exact) mass is 678 g/mol. The number of rotatable bonds is 14. The number of halogens is 5. The van der Waals surface area contributed by atoms with Crippen LogP contribution in [0, 0.1) is 46.8 Å². The predicted octanol–water partition coefficient (Wildman–Crippen LogP) is 6.17. The van der Waals surface area contributed by atoms with Crippen LogP contribution in [0.3, 0.4) is 0 Å². The summed E-state index contributed by atoms with van der Waals surface area (Å²) in [5.74, 6) is -17.4. The van der Waals surface area contributed by atoms with Gasteiger partial charge in [0.2, 0.25) is 11.7 Å². The number of fused-ring (bicyclic) bond motifs is 1. The molecule has 14 heteroatoms. The highest BCUT2D eigenvalue weighted by Crippen LogP contribution is 2.29. The van der Waals surface area contributed by atoms with Gasteiger partial charge in [-0.2, -0.15) is 0 Å². The Morgan fingerprint density at radius 2 is 1.65 bits per heavy atom. The van der Waals surface area contributed by atoms with Gasteiger partial charge < -0.3 is 19.8 Å². The van der Waals surface area contributed by atoms with Gasteiger partial charge in [-0.1, -0.05) is 26.3 Å². The first-order valence-corrected chi connectivity index (χ1v) is 15.5. The second-order valence-corrected chi connectivity index (χ2v) is 12.3. The average molecular weight is 679 g/mol. The molecular weight excluding hydrogens is 643 g/mol. The Morgan fingerprint density at radius 3 is 2.27 bits per heavy atom. The normalized spacial score (nSPS) is 16.1. The molecule has 1 fully saturated rings. The molecule has 2 aromatic carbocycles. The summed E-state index contributed by atoms with van der Waals surface area (Å²) in [6, 6.07) is 5.41. The third-order valence-electron chi connectivity index (χ3n) is 8.37. The van der Waals surface area contributed by atoms with Crippen molar-refractivity contribution in [3.8, 4) is 5.75 Å². The summed E-state index contributed by atoms with van der Waals surface area (Å²) >= 11 is 0. The molecule has 9 nitrogen and oxygen atoms in total. The second-order valence-electron chi connectivity index (χ2n) is 12.3. The maximum atomic E-state index is 14.1. The van der Waals surface area contributed by atoms with Crippen molar-refractivity contribution < 1.29 is 55.4 Å². The van der Waals surface area contributed by atoms with Crippen molar-refractivity contribution in [3.63, 3.8) is 0 Å². The Kier molecular flexibility index (Phi) is 11.7. The molecule has 1 amide bonds. The number of hydrogen-bond acceptors (Lipinski definition) is 7. The fraction of sp³-hybridized carbons (Fsp3) is 0.441. The van der Waals surface area contributed by atoms with Crippen molar-refractivity contribution in [1.29, 1.82) is 0 Å². The number of aromatic nitrogens is 1. The molecule has 1 aliphatic carbocycles. The first-order chi connectivity index (χ1) is 22.7. The van der Waals surface area contributed by atoms with E-state index < -0.39 is 82.6 Å². The van der Waals surface area contributed by atoms with Crippen LogP contribution in [0.2, 0.25) is 0 Å². The van der Waals surface area contributed by atoms with Gasteiger partial charge in [-0.25, -0.2) is 26.7 Å². The highest BCUT2D eigenvalue weighted by Gasteiger charge is 2.35. The molecular formula is C34H35F5N2O7. The Balaban J connectivity index is 1.54. The minimum atomic E-state index is -2.48. The van der Waals surface area contributed by atoms with Crippen molar-refractivity contribution in [2.24, 2.45) is 17.8 Å². The number of ketones is 3. The minimum Gasteiger partial charge on any atom is -0.496 e. The number of benzene rings is 2. The summed E-state index contributed by atoms with van der Waals surface area (Å²) in [4.78, 5) is 68.4. The summed E-state index contributed by atoms with van der Waals surface area (Å²) in [5.41, 5.74) is -1.00. The molecule has 1 aliphatic rings. The highest BCUT2D eigenvalue weighted by atomic mass is 19.2. The van der Waals surface area contributed by atoms with Crippen molar-refractivity contribution in [1.82, 2.24) is 10.3 Å². The van der Waals surface area contributed by atoms with E-state index in [1.807, 2.05) is 13.8 Å². The van der Waals surface area contributed by atoms with E-state index in [0.717, 1.165) is 0 Å². The van der Waals surface area contributed by atoms with E-state index in [1.165, 1.54) is 7.11 Å². The van der Waals surface area contributed by atoms with Crippen LogP contribution in [0.5, 0.6) is 5.75 Å². The topological polar surface area (TPSA) is 132 Å². The molecule has 0 saturated heterocycles. The lowest BCUT2D eigenvalue weighted by Gasteiger charge is -2.27. The Morgan fingerprint density at radius 1 is 0.979 bits per heavy atom. The Bertz CT molecular complexity index is 1710. The van der Waals surface area contributed by atoms with Gasteiger partial charge in [0.05, 0.1) is 18.8 Å². The highest BCUT2D eigenvalue weighted by molar-refractivity contribution is 6.03. The lowest BCUT2D eigenvalue weighted by molar-refractivity contribution is -0.133. The Hall–Kier alpha value is -4.62. The Labute approximate surface area is 272 Å². The zero-order valence-corrected chi connectivity index (χ0v) is 26.5. The third-order valence-corrected chi connectivity index (χ3v) is 8.37. The lowest BCUT2D eigenvalue weighted by Crippen LogP contribution is -2.47. The van der Waals surface area contributed by atoms with E-state index >= 15 is 0 Å². The summed E-state index contributed by atoms with van der Waals surface area (Å²) in [5, 5.41) is 3.23. The van der Waals surface area contributed by atoms with Gasteiger partial charge in [-0.3, -0.25) is 19.2 Å². The van der Waals surface area contributed by atoms with E-state index in [2.05, 4.69) is 15.0 Å². The number of hydrogen-bond donors (Lipinski definition) is 2. The molecule has 0 aliphatic heterocycles. The number of carbonyl (C=O) groups is 5. The molecule has 1 saturated carbocycles. The van der Waals surface area contributed by atoms with Gasteiger partial charge in [0, 0.05) is 35.6 Å². The van der Waals surface area contributed by atoms with Crippen molar-refractivity contribution in [2.75, 3.05) is 13.7 Å². The van der Waals surface area contributed by atoms with E-state index in [0.29, 0.717) is 35.9 Å². The molecule has 0 spiro atoms. The summed E-state index contributed by atoms with van der Waals surface area (Å²) < 4.78 is 79.0. The average Bonchev–Trinajstić information content (AvgIpc) is 3.50. The molecule has 1 heterocycles. The standard InChI is InChI=1S/C34H35F5N2O7/c1-16(2)11-18(13-24(43)22-14-19-20(40-22)8-6-10-26(19)47-3)33(45)41-21(12-17-7-4-5-9-23(17)42)25(44)15-48-34(46)27-28(35)30(37)32(39)31(38)29(27)36/h6,8,10,14,16-18,21,40H,4-5,7,9,11-13,15H2,1-3H3,(H,41,45)/t17-,18+,21-/m0/s1. The third kappa shape index (κ3) is 8.08. The van der Waals surface area contributed by atoms with E-state index in [-0.39, 0.29) is 43.1 Å². The molecule has 3 aromatic rings. The van der Waals surface area contributed by atoms with Crippen LogP contribution in [0.15, 0.2) is 24.3 Å². The fourth-order valence-corrected chi connectivity index (χ4v) is 5.88. The molecule has 3 atom stereocenters. The SMILES string of the molecule is COc1cccc2[nH]c(C(=O)C[C@@H](CC(C)C)C(=O)N[C@@H](C[C@@H]3CCCCC3=O)C(=O)COC(=O)c3c(F)c(F)c(F)c(F)c3F)cc12. The molecule has 4 rings (SSSR count). The number of nitrogens with one attached hydrogen (secondary N) is 2. The maximum Gasteiger partial charge on any atom is 0.344 e. The van der Waals surface area contributed by atoms with Crippen LogP contribution in [0.4, 0.5) is 22.0 Å². The number of aromatic amines is 1. The van der Waals surface area contributed by atoms with Crippen LogP contribution in [0.1, 0.15) is 79.6 Å². The van der Waals surface area contributed by atoms with Gasteiger partial charge in [-0.15, -0.1) is 0 Å². The van der Waals surface area contributed by atoms with E-state index in [4.69, 9.17) is 4.74 Å². The number of Topliss-reactive ketones (excluding diaryl/α,β-unsaturated/α-hetero) is 3. The van der Waals surface area contributed by atoms with Gasteiger partial charge in [0.1, 0.15) is 17.1 Å². The molecule has 1 aromatic heterocycles. The number of carbonyl (C=O) groups excluding carboxylic acids is 5. The van der Waals surface area contributed by atoms with Crippen molar-refractivity contribution >= 4 is 40.1 Å². The lowest BCUT2D eigenvalue weighted by atomic mass is 9.82. The zero-order chi connectivity index (χ0) is 35.3. The first-order valence-electron chi connectivity index (χ1n) is 15.5. The van der Waals surface area contributed by atoms with Crippen LogP contribution >= 0.6 is 0 Å². The number of esters is 1. The van der Waals surface area contributed by atoms with Crippen LogP contribution in [-0.4, -0.2) is 54.0 Å². The molecule has 2 N–H and O–H groups in total. The van der Waals surface area contributed by atoms with Gasteiger partial charge in [-0.05, 0) is 49.8 Å². The molecule has 0 bridgehead atoms. The number of ether oxygens (including phenoxy) is 2. The molecule has 48 heavy (non-hydrogen) atoms. The smallest absolute Gasteiger partial charge is 0.344 e. The van der Waals surface area contributed by atoms with Gasteiger partial charge >= 0.3 is 5.97 Å². The molecule has 258 valence electrons. The van der Waals surface area contributed by atoms with Crippen molar-refractivity contribution in [3.05, 3.63) is 64.6 Å². The van der Waals surface area contributed by atoms with Gasteiger partial charge in [0.15, 0.2) is 41.4 Å². The molecule has 0 radical (unpaired) electrons. The summed E-state index contributed by atoms with van der Waals surface area (Å²) in [6.45, 7) is 2.45. The summed E-state index contributed by atoms with van der Waals surface area (Å²) in [7, 11) is 1.49. The van der Waals surface area contributed by atoms with Crippen molar-refractivity contribution in [2.45, 2.75) is 64.8 Å². The number of methoxy groups -OCH3 is 1. The zero-order valence-electron chi connectivity index (χ0n) is 26.5. The van der Waals surface area contributed by atoms with Crippen LogP contribution in [-0.2, 0) is 19.1 Å². The second kappa shape index (κ2) is 15.5. The first kappa shape index (κ1) is 36.2.